The standard InChI is InChI=1S/C17H35N3/c1-3-10-18-16(2)7-13-19-14-8-17(9-15-19)20-11-5-4-6-12-20/h16-18H,3-15H2,1-2H3. The zero-order chi connectivity index (χ0) is 14.2. The molecule has 3 nitrogen and oxygen atoms in total. The van der Waals surface area contributed by atoms with Crippen LogP contribution in [0.1, 0.15) is 58.8 Å². The van der Waals surface area contributed by atoms with E-state index in [9.17, 15) is 0 Å². The molecule has 3 heteroatoms. The molecule has 0 saturated carbocycles. The van der Waals surface area contributed by atoms with Crippen LogP contribution in [0.5, 0.6) is 0 Å². The number of likely N-dealkylation sites (tertiary alicyclic amines) is 2. The van der Waals surface area contributed by atoms with Crippen molar-refractivity contribution in [1.29, 1.82) is 0 Å². The molecule has 1 N–H and O–H groups in total. The Kier molecular flexibility index (Phi) is 7.32. The van der Waals surface area contributed by atoms with Gasteiger partial charge in [-0.05, 0) is 84.7 Å². The summed E-state index contributed by atoms with van der Waals surface area (Å²) in [6.45, 7) is 12.4. The smallest absolute Gasteiger partial charge is 0.0120 e. The van der Waals surface area contributed by atoms with Gasteiger partial charge < -0.3 is 15.1 Å². The number of hydrogen-bond acceptors (Lipinski definition) is 3. The maximum absolute atomic E-state index is 3.60. The molecule has 2 heterocycles. The van der Waals surface area contributed by atoms with Crippen molar-refractivity contribution >= 4 is 0 Å². The SMILES string of the molecule is CCCNC(C)CCN1CCC(N2CCCCC2)CC1. The summed E-state index contributed by atoms with van der Waals surface area (Å²) in [4.78, 5) is 5.46. The van der Waals surface area contributed by atoms with Gasteiger partial charge in [0, 0.05) is 12.1 Å². The molecular formula is C17H35N3. The first-order valence-corrected chi connectivity index (χ1v) is 8.99. The van der Waals surface area contributed by atoms with Gasteiger partial charge in [-0.3, -0.25) is 0 Å². The highest BCUT2D eigenvalue weighted by Crippen LogP contribution is 2.20. The van der Waals surface area contributed by atoms with E-state index in [4.69, 9.17) is 0 Å². The summed E-state index contributed by atoms with van der Waals surface area (Å²) in [5, 5.41) is 3.60. The maximum atomic E-state index is 3.60. The molecule has 1 atom stereocenters. The van der Waals surface area contributed by atoms with Crippen molar-refractivity contribution in [1.82, 2.24) is 15.1 Å². The third-order valence-electron chi connectivity index (χ3n) is 5.09. The van der Waals surface area contributed by atoms with Crippen LogP contribution in [0.4, 0.5) is 0 Å². The molecule has 0 aliphatic carbocycles. The molecule has 118 valence electrons. The van der Waals surface area contributed by atoms with E-state index in [0.717, 1.165) is 12.6 Å². The zero-order valence-corrected chi connectivity index (χ0v) is 13.7. The second kappa shape index (κ2) is 9.01. The highest BCUT2D eigenvalue weighted by molar-refractivity contribution is 4.81. The molecule has 0 radical (unpaired) electrons. The van der Waals surface area contributed by atoms with Crippen LogP contribution in [-0.4, -0.2) is 61.2 Å². The van der Waals surface area contributed by atoms with Gasteiger partial charge in [0.25, 0.3) is 0 Å². The molecule has 1 unspecified atom stereocenters. The van der Waals surface area contributed by atoms with Gasteiger partial charge in [0.05, 0.1) is 0 Å². The van der Waals surface area contributed by atoms with Crippen molar-refractivity contribution in [3.05, 3.63) is 0 Å². The van der Waals surface area contributed by atoms with Crippen molar-refractivity contribution in [2.24, 2.45) is 0 Å². The fraction of sp³-hybridized carbons (Fsp3) is 1.00. The molecule has 0 spiro atoms. The summed E-state index contributed by atoms with van der Waals surface area (Å²) in [5.41, 5.74) is 0. The van der Waals surface area contributed by atoms with E-state index in [1.54, 1.807) is 0 Å². The quantitative estimate of drug-likeness (QED) is 0.774. The van der Waals surface area contributed by atoms with Crippen LogP contribution < -0.4 is 5.32 Å². The molecule has 0 amide bonds. The lowest BCUT2D eigenvalue weighted by Gasteiger charge is -2.40. The van der Waals surface area contributed by atoms with Gasteiger partial charge in [-0.25, -0.2) is 0 Å². The number of nitrogens with one attached hydrogen (secondary N) is 1. The number of piperidine rings is 2. The number of nitrogens with zero attached hydrogens (tertiary/aromatic N) is 2. The van der Waals surface area contributed by atoms with E-state index < -0.39 is 0 Å². The maximum Gasteiger partial charge on any atom is 0.0120 e. The van der Waals surface area contributed by atoms with Crippen molar-refractivity contribution in [3.63, 3.8) is 0 Å². The molecule has 2 fully saturated rings. The third kappa shape index (κ3) is 5.34. The molecular weight excluding hydrogens is 246 g/mol. The molecule has 2 aliphatic heterocycles. The summed E-state index contributed by atoms with van der Waals surface area (Å²) in [7, 11) is 0. The summed E-state index contributed by atoms with van der Waals surface area (Å²) >= 11 is 0. The van der Waals surface area contributed by atoms with Gasteiger partial charge in [-0.2, -0.15) is 0 Å². The molecule has 0 aromatic rings. The normalized spacial score (nSPS) is 24.9. The minimum atomic E-state index is 0.676. The van der Waals surface area contributed by atoms with Crippen LogP contribution in [0.2, 0.25) is 0 Å². The summed E-state index contributed by atoms with van der Waals surface area (Å²) < 4.78 is 0. The molecule has 2 aliphatic rings. The number of hydrogen-bond donors (Lipinski definition) is 1. The predicted molar refractivity (Wildman–Crippen MR) is 87.3 cm³/mol. The first kappa shape index (κ1) is 16.3. The van der Waals surface area contributed by atoms with Gasteiger partial charge in [-0.1, -0.05) is 13.3 Å². The number of rotatable bonds is 7. The first-order valence-electron chi connectivity index (χ1n) is 8.99. The van der Waals surface area contributed by atoms with Gasteiger partial charge in [0.15, 0.2) is 0 Å². The minimum absolute atomic E-state index is 0.676. The second-order valence-electron chi connectivity index (χ2n) is 6.81. The Hall–Kier alpha value is -0.120. The Balaban J connectivity index is 1.59. The van der Waals surface area contributed by atoms with Crippen LogP contribution in [0.3, 0.4) is 0 Å². The molecule has 2 saturated heterocycles. The fourth-order valence-electron chi connectivity index (χ4n) is 3.66. The van der Waals surface area contributed by atoms with Crippen molar-refractivity contribution in [2.75, 3.05) is 39.3 Å². The van der Waals surface area contributed by atoms with Crippen LogP contribution >= 0.6 is 0 Å². The van der Waals surface area contributed by atoms with E-state index in [-0.39, 0.29) is 0 Å². The van der Waals surface area contributed by atoms with Crippen LogP contribution in [0.25, 0.3) is 0 Å². The van der Waals surface area contributed by atoms with Gasteiger partial charge >= 0.3 is 0 Å². The minimum Gasteiger partial charge on any atom is -0.314 e. The molecule has 0 aromatic heterocycles. The Labute approximate surface area is 126 Å². The van der Waals surface area contributed by atoms with Crippen LogP contribution in [0, 0.1) is 0 Å². The lowest BCUT2D eigenvalue weighted by atomic mass is 9.99. The molecule has 0 bridgehead atoms. The average molecular weight is 281 g/mol. The van der Waals surface area contributed by atoms with Gasteiger partial charge in [0.1, 0.15) is 0 Å². The van der Waals surface area contributed by atoms with Crippen LogP contribution in [-0.2, 0) is 0 Å². The van der Waals surface area contributed by atoms with Gasteiger partial charge in [0.2, 0.25) is 0 Å². The van der Waals surface area contributed by atoms with E-state index in [2.05, 4.69) is 29.0 Å². The Morgan fingerprint density at radius 1 is 1.05 bits per heavy atom. The molecule has 2 rings (SSSR count). The van der Waals surface area contributed by atoms with E-state index >= 15 is 0 Å². The highest BCUT2D eigenvalue weighted by Gasteiger charge is 2.25. The summed E-state index contributed by atoms with van der Waals surface area (Å²) in [6, 6.07) is 1.57. The Bertz CT molecular complexity index is 243. The van der Waals surface area contributed by atoms with Crippen LogP contribution in [0.15, 0.2) is 0 Å². The topological polar surface area (TPSA) is 18.5 Å². The predicted octanol–water partition coefficient (Wildman–Crippen LogP) is 2.71. The lowest BCUT2D eigenvalue weighted by Crippen LogP contribution is -2.47. The Morgan fingerprint density at radius 3 is 2.40 bits per heavy atom. The second-order valence-corrected chi connectivity index (χ2v) is 6.81. The average Bonchev–Trinajstić information content (AvgIpc) is 2.52. The molecule has 20 heavy (non-hydrogen) atoms. The summed E-state index contributed by atoms with van der Waals surface area (Å²) in [6.07, 6.45) is 9.66. The van der Waals surface area contributed by atoms with E-state index in [1.165, 1.54) is 77.7 Å². The van der Waals surface area contributed by atoms with Crippen molar-refractivity contribution < 1.29 is 0 Å². The lowest BCUT2D eigenvalue weighted by molar-refractivity contribution is 0.0910. The summed E-state index contributed by atoms with van der Waals surface area (Å²) in [5.74, 6) is 0. The fourth-order valence-corrected chi connectivity index (χ4v) is 3.66. The zero-order valence-electron chi connectivity index (χ0n) is 13.7. The van der Waals surface area contributed by atoms with Crippen molar-refractivity contribution in [2.45, 2.75) is 70.9 Å². The largest absolute Gasteiger partial charge is 0.314 e. The van der Waals surface area contributed by atoms with E-state index in [0.29, 0.717) is 6.04 Å². The molecule has 0 aromatic carbocycles. The van der Waals surface area contributed by atoms with E-state index in [1.807, 2.05) is 0 Å². The highest BCUT2D eigenvalue weighted by atomic mass is 15.2. The van der Waals surface area contributed by atoms with Crippen molar-refractivity contribution in [3.8, 4) is 0 Å². The van der Waals surface area contributed by atoms with Gasteiger partial charge in [-0.15, -0.1) is 0 Å². The third-order valence-corrected chi connectivity index (χ3v) is 5.09. The first-order chi connectivity index (χ1) is 9.79. The Morgan fingerprint density at radius 2 is 1.75 bits per heavy atom. The monoisotopic (exact) mass is 281 g/mol.